The Bertz CT molecular complexity index is 1370. The van der Waals surface area contributed by atoms with E-state index in [1.165, 1.54) is 12.1 Å². The Labute approximate surface area is 186 Å². The third-order valence-electron chi connectivity index (χ3n) is 6.30. The lowest BCUT2D eigenvalue weighted by Crippen LogP contribution is -2.24. The maximum Gasteiger partial charge on any atom is 0.178 e. The highest BCUT2D eigenvalue weighted by atomic mass is 32.2. The van der Waals surface area contributed by atoms with Gasteiger partial charge in [0.25, 0.3) is 0 Å². The van der Waals surface area contributed by atoms with Crippen molar-refractivity contribution in [2.75, 3.05) is 25.4 Å². The van der Waals surface area contributed by atoms with Gasteiger partial charge in [0.1, 0.15) is 5.82 Å². The van der Waals surface area contributed by atoms with Crippen LogP contribution < -0.4 is 0 Å². The van der Waals surface area contributed by atoms with Gasteiger partial charge in [-0.3, -0.25) is 0 Å². The molecule has 0 N–H and O–H groups in total. The summed E-state index contributed by atoms with van der Waals surface area (Å²) in [4.78, 5) is 2.73. The number of sulfone groups is 1. The molecule has 3 aromatic carbocycles. The monoisotopic (exact) mass is 452 g/mol. The minimum Gasteiger partial charge on any atom is -0.356 e. The largest absolute Gasteiger partial charge is 0.356 e. The first-order valence-electron chi connectivity index (χ1n) is 11.0. The molecule has 0 spiro atoms. The third kappa shape index (κ3) is 4.40. The van der Waals surface area contributed by atoms with Crippen LogP contribution >= 0.6 is 0 Å². The van der Waals surface area contributed by atoms with Crippen molar-refractivity contribution >= 4 is 31.6 Å². The molecule has 4 aromatic rings. The van der Waals surface area contributed by atoms with Crippen molar-refractivity contribution in [1.29, 1.82) is 0 Å². The molecule has 2 heterocycles. The van der Waals surface area contributed by atoms with Crippen molar-refractivity contribution in [3.8, 4) is 0 Å². The number of halogens is 1. The Morgan fingerprint density at radius 2 is 1.91 bits per heavy atom. The van der Waals surface area contributed by atoms with Gasteiger partial charge in [-0.05, 0) is 73.3 Å². The number of rotatable bonds is 7. The molecule has 1 atom stereocenters. The summed E-state index contributed by atoms with van der Waals surface area (Å²) in [5, 5.41) is 6.93. The fraction of sp³-hybridized carbons (Fsp3) is 0.320. The van der Waals surface area contributed by atoms with Crippen LogP contribution in [0.1, 0.15) is 18.5 Å². The molecule has 5 nitrogen and oxygen atoms in total. The molecule has 1 fully saturated rings. The second kappa shape index (κ2) is 8.64. The number of benzene rings is 3. The molecule has 1 aromatic heterocycles. The Hall–Kier alpha value is -2.77. The summed E-state index contributed by atoms with van der Waals surface area (Å²) in [6.07, 6.45) is 2.53. The normalized spacial score (nSPS) is 17.5. The standard InChI is InChI=1S/C25H25FN2O3S/c26-21-8-10-23-24(27-31-25(23)15-21)6-3-12-28-13-11-18(16-28)17-32(29,30)22-9-7-19-4-1-2-5-20(19)14-22/h1-2,4-5,7-10,14-15,18H,3,6,11-13,16-17H2. The zero-order chi connectivity index (χ0) is 22.1. The van der Waals surface area contributed by atoms with E-state index in [1.54, 1.807) is 18.2 Å². The van der Waals surface area contributed by atoms with E-state index in [4.69, 9.17) is 4.52 Å². The molecule has 1 unspecified atom stereocenters. The number of hydrogen-bond acceptors (Lipinski definition) is 5. The summed E-state index contributed by atoms with van der Waals surface area (Å²) in [6.45, 7) is 2.57. The molecule has 1 aliphatic rings. The van der Waals surface area contributed by atoms with E-state index in [1.807, 2.05) is 30.3 Å². The highest BCUT2D eigenvalue weighted by Gasteiger charge is 2.28. The zero-order valence-corrected chi connectivity index (χ0v) is 18.5. The lowest BCUT2D eigenvalue weighted by molar-refractivity contribution is 0.322. The average Bonchev–Trinajstić information content (AvgIpc) is 3.39. The molecule has 0 radical (unpaired) electrons. The van der Waals surface area contributed by atoms with E-state index in [-0.39, 0.29) is 17.5 Å². The fourth-order valence-corrected chi connectivity index (χ4v) is 6.30. The summed E-state index contributed by atoms with van der Waals surface area (Å²) in [5.74, 6) is -0.00861. The molecule has 1 saturated heterocycles. The van der Waals surface area contributed by atoms with E-state index in [0.717, 1.165) is 60.7 Å². The molecule has 0 saturated carbocycles. The van der Waals surface area contributed by atoms with Gasteiger partial charge in [0.05, 0.1) is 16.3 Å². The topological polar surface area (TPSA) is 63.4 Å². The Morgan fingerprint density at radius 3 is 2.78 bits per heavy atom. The molecule has 0 bridgehead atoms. The number of nitrogens with zero attached hydrogens (tertiary/aromatic N) is 2. The van der Waals surface area contributed by atoms with E-state index < -0.39 is 9.84 Å². The maximum absolute atomic E-state index is 13.3. The van der Waals surface area contributed by atoms with Crippen LogP contribution in [0.3, 0.4) is 0 Å². The first-order valence-corrected chi connectivity index (χ1v) is 12.6. The van der Waals surface area contributed by atoms with Crippen molar-refractivity contribution in [2.45, 2.75) is 24.2 Å². The molecule has 32 heavy (non-hydrogen) atoms. The van der Waals surface area contributed by atoms with E-state index in [0.29, 0.717) is 10.5 Å². The van der Waals surface area contributed by atoms with Gasteiger partial charge in [0.2, 0.25) is 0 Å². The summed E-state index contributed by atoms with van der Waals surface area (Å²) < 4.78 is 44.5. The first-order chi connectivity index (χ1) is 15.5. The van der Waals surface area contributed by atoms with Crippen LogP contribution in [0, 0.1) is 11.7 Å². The van der Waals surface area contributed by atoms with Gasteiger partial charge >= 0.3 is 0 Å². The number of likely N-dealkylation sites (tertiary alicyclic amines) is 1. The fourth-order valence-electron chi connectivity index (χ4n) is 4.63. The van der Waals surface area contributed by atoms with Gasteiger partial charge in [-0.25, -0.2) is 12.8 Å². The summed E-state index contributed by atoms with van der Waals surface area (Å²) in [5.41, 5.74) is 1.31. The average molecular weight is 453 g/mol. The zero-order valence-electron chi connectivity index (χ0n) is 17.7. The van der Waals surface area contributed by atoms with Crippen LogP contribution in [0.4, 0.5) is 4.39 Å². The molecule has 166 valence electrons. The number of hydrogen-bond donors (Lipinski definition) is 0. The van der Waals surface area contributed by atoms with Gasteiger partial charge in [-0.2, -0.15) is 0 Å². The summed E-state index contributed by atoms with van der Waals surface area (Å²) in [7, 11) is -3.32. The molecular weight excluding hydrogens is 427 g/mol. The molecule has 1 aliphatic heterocycles. The number of aryl methyl sites for hydroxylation is 1. The first kappa shape index (κ1) is 21.1. The van der Waals surface area contributed by atoms with Gasteiger partial charge < -0.3 is 9.42 Å². The summed E-state index contributed by atoms with van der Waals surface area (Å²) in [6, 6.07) is 17.7. The van der Waals surface area contributed by atoms with E-state index in [9.17, 15) is 12.8 Å². The second-order valence-electron chi connectivity index (χ2n) is 8.62. The summed E-state index contributed by atoms with van der Waals surface area (Å²) >= 11 is 0. The van der Waals surface area contributed by atoms with Crippen molar-refractivity contribution in [3.63, 3.8) is 0 Å². The van der Waals surface area contributed by atoms with Gasteiger partial charge in [0, 0.05) is 18.0 Å². The van der Waals surface area contributed by atoms with Crippen molar-refractivity contribution in [1.82, 2.24) is 10.1 Å². The predicted octanol–water partition coefficient (Wildman–Crippen LogP) is 4.85. The van der Waals surface area contributed by atoms with Crippen LogP contribution in [-0.2, 0) is 16.3 Å². The van der Waals surface area contributed by atoms with Gasteiger partial charge in [-0.15, -0.1) is 0 Å². The quantitative estimate of drug-likeness (QED) is 0.401. The molecule has 5 rings (SSSR count). The molecule has 0 amide bonds. The SMILES string of the molecule is O=S(=O)(CC1CCN(CCCc2noc3cc(F)ccc23)C1)c1ccc2ccccc2c1. The van der Waals surface area contributed by atoms with Gasteiger partial charge in [-0.1, -0.05) is 35.5 Å². The molecule has 7 heteroatoms. The lowest BCUT2D eigenvalue weighted by atomic mass is 10.1. The van der Waals surface area contributed by atoms with Crippen LogP contribution in [0.15, 0.2) is 70.1 Å². The van der Waals surface area contributed by atoms with Crippen molar-refractivity contribution in [2.24, 2.45) is 5.92 Å². The Morgan fingerprint density at radius 1 is 1.06 bits per heavy atom. The minimum absolute atomic E-state index is 0.141. The minimum atomic E-state index is -3.32. The van der Waals surface area contributed by atoms with Crippen LogP contribution in [-0.4, -0.2) is 43.9 Å². The van der Waals surface area contributed by atoms with E-state index >= 15 is 0 Å². The Kier molecular flexibility index (Phi) is 5.69. The van der Waals surface area contributed by atoms with Gasteiger partial charge in [0.15, 0.2) is 15.4 Å². The van der Waals surface area contributed by atoms with Crippen LogP contribution in [0.25, 0.3) is 21.7 Å². The van der Waals surface area contributed by atoms with Crippen molar-refractivity contribution < 1.29 is 17.3 Å². The Balaban J connectivity index is 1.16. The number of fused-ring (bicyclic) bond motifs is 2. The van der Waals surface area contributed by atoms with E-state index in [2.05, 4.69) is 10.1 Å². The van der Waals surface area contributed by atoms with Crippen LogP contribution in [0.5, 0.6) is 0 Å². The molecular formula is C25H25FN2O3S. The highest BCUT2D eigenvalue weighted by Crippen LogP contribution is 2.25. The molecule has 0 aliphatic carbocycles. The predicted molar refractivity (Wildman–Crippen MR) is 123 cm³/mol. The second-order valence-corrected chi connectivity index (χ2v) is 10.7. The smallest absolute Gasteiger partial charge is 0.178 e. The third-order valence-corrected chi connectivity index (χ3v) is 8.18. The maximum atomic E-state index is 13.3. The highest BCUT2D eigenvalue weighted by molar-refractivity contribution is 7.91. The van der Waals surface area contributed by atoms with Crippen LogP contribution in [0.2, 0.25) is 0 Å². The number of aromatic nitrogens is 1. The van der Waals surface area contributed by atoms with Crippen molar-refractivity contribution in [3.05, 3.63) is 72.2 Å². The lowest BCUT2D eigenvalue weighted by Gasteiger charge is -2.16.